The molecule has 5 nitrogen and oxygen atoms in total. The number of hydrogen-bond acceptors (Lipinski definition) is 5. The van der Waals surface area contributed by atoms with E-state index in [2.05, 4.69) is 5.32 Å². The molecule has 2 aromatic rings. The van der Waals surface area contributed by atoms with E-state index in [-0.39, 0.29) is 16.1 Å². The molecule has 0 spiro atoms. The van der Waals surface area contributed by atoms with Gasteiger partial charge in [-0.15, -0.1) is 11.3 Å². The van der Waals surface area contributed by atoms with E-state index in [9.17, 15) is 22.4 Å². The number of nitrogens with one attached hydrogen (secondary N) is 1. The molecule has 1 N–H and O–H groups in total. The van der Waals surface area contributed by atoms with E-state index < -0.39 is 43.4 Å². The molecular formula is C17H16FNO4S2. The SMILES string of the molecule is CC(C)(C)C(=O)Nc1ccc(F)c2c1C(=O)c1sccc1CS2(=O)=O. The molecular weight excluding hydrogens is 365 g/mol. The first kappa shape index (κ1) is 17.8. The molecule has 0 unspecified atom stereocenters. The number of benzene rings is 1. The lowest BCUT2D eigenvalue weighted by Gasteiger charge is -2.20. The lowest BCUT2D eigenvalue weighted by Crippen LogP contribution is -2.28. The molecule has 0 fully saturated rings. The molecule has 0 saturated carbocycles. The van der Waals surface area contributed by atoms with Crippen LogP contribution in [-0.2, 0) is 20.4 Å². The van der Waals surface area contributed by atoms with E-state index in [4.69, 9.17) is 0 Å². The van der Waals surface area contributed by atoms with Crippen LogP contribution in [0, 0.1) is 11.2 Å². The fourth-order valence-electron chi connectivity index (χ4n) is 2.54. The number of carbonyl (C=O) groups excluding carboxylic acids is 2. The average Bonchev–Trinajstić information content (AvgIpc) is 2.90. The molecule has 25 heavy (non-hydrogen) atoms. The van der Waals surface area contributed by atoms with E-state index in [1.54, 1.807) is 32.2 Å². The van der Waals surface area contributed by atoms with Crippen LogP contribution in [0.15, 0.2) is 28.5 Å². The normalized spacial score (nSPS) is 15.9. The fraction of sp³-hybridized carbons (Fsp3) is 0.294. The molecule has 2 heterocycles. The quantitative estimate of drug-likeness (QED) is 0.821. The van der Waals surface area contributed by atoms with Crippen molar-refractivity contribution in [2.24, 2.45) is 5.41 Å². The summed E-state index contributed by atoms with van der Waals surface area (Å²) in [6.45, 7) is 5.04. The first-order valence-corrected chi connectivity index (χ1v) is 10.0. The second-order valence-electron chi connectivity index (χ2n) is 6.87. The van der Waals surface area contributed by atoms with E-state index in [1.807, 2.05) is 0 Å². The minimum Gasteiger partial charge on any atom is -0.325 e. The number of carbonyl (C=O) groups is 2. The third-order valence-electron chi connectivity index (χ3n) is 3.88. The molecule has 0 saturated heterocycles. The highest BCUT2D eigenvalue weighted by molar-refractivity contribution is 7.90. The Kier molecular flexibility index (Phi) is 4.08. The van der Waals surface area contributed by atoms with Crippen LogP contribution in [0.2, 0.25) is 0 Å². The van der Waals surface area contributed by atoms with Crippen LogP contribution in [0.5, 0.6) is 0 Å². The van der Waals surface area contributed by atoms with Gasteiger partial charge >= 0.3 is 0 Å². The van der Waals surface area contributed by atoms with Crippen molar-refractivity contribution in [2.75, 3.05) is 5.32 Å². The van der Waals surface area contributed by atoms with Crippen molar-refractivity contribution in [1.82, 2.24) is 0 Å². The summed E-state index contributed by atoms with van der Waals surface area (Å²) in [4.78, 5) is 24.8. The minimum absolute atomic E-state index is 0.00569. The summed E-state index contributed by atoms with van der Waals surface area (Å²) in [5.41, 5.74) is -0.717. The summed E-state index contributed by atoms with van der Waals surface area (Å²) in [6, 6.07) is 3.73. The number of anilines is 1. The second-order valence-corrected chi connectivity index (χ2v) is 9.71. The number of fused-ring (bicyclic) bond motifs is 2. The summed E-state index contributed by atoms with van der Waals surface area (Å²) in [6.07, 6.45) is 0. The molecule has 1 aromatic carbocycles. The first-order valence-electron chi connectivity index (χ1n) is 7.50. The monoisotopic (exact) mass is 381 g/mol. The van der Waals surface area contributed by atoms with E-state index in [0.717, 1.165) is 17.4 Å². The molecule has 0 atom stereocenters. The van der Waals surface area contributed by atoms with E-state index >= 15 is 0 Å². The lowest BCUT2D eigenvalue weighted by atomic mass is 9.95. The Hall–Kier alpha value is -2.06. The number of sulfone groups is 1. The van der Waals surface area contributed by atoms with Crippen molar-refractivity contribution in [3.05, 3.63) is 45.4 Å². The summed E-state index contributed by atoms with van der Waals surface area (Å²) < 4.78 is 39.7. The van der Waals surface area contributed by atoms with Crippen molar-refractivity contribution in [3.63, 3.8) is 0 Å². The predicted octanol–water partition coefficient (Wildman–Crippen LogP) is 3.39. The van der Waals surface area contributed by atoms with Crippen molar-refractivity contribution in [1.29, 1.82) is 0 Å². The van der Waals surface area contributed by atoms with Crippen LogP contribution in [-0.4, -0.2) is 20.1 Å². The Bertz CT molecular complexity index is 1000. The van der Waals surface area contributed by atoms with Gasteiger partial charge in [0.15, 0.2) is 9.84 Å². The molecule has 3 rings (SSSR count). The molecule has 0 radical (unpaired) electrons. The topological polar surface area (TPSA) is 80.3 Å². The summed E-state index contributed by atoms with van der Waals surface area (Å²) in [5.74, 6) is -2.43. The van der Waals surface area contributed by atoms with Crippen molar-refractivity contribution in [3.8, 4) is 0 Å². The lowest BCUT2D eigenvalue weighted by molar-refractivity contribution is -0.123. The molecule has 0 aliphatic carbocycles. The van der Waals surface area contributed by atoms with Gasteiger partial charge in [-0.1, -0.05) is 20.8 Å². The zero-order valence-electron chi connectivity index (χ0n) is 13.8. The Labute approximate surface area is 148 Å². The van der Waals surface area contributed by atoms with Gasteiger partial charge in [-0.2, -0.15) is 0 Å². The average molecular weight is 381 g/mol. The maximum absolute atomic E-state index is 14.4. The highest BCUT2D eigenvalue weighted by Gasteiger charge is 2.36. The fourth-order valence-corrected chi connectivity index (χ4v) is 5.17. The maximum atomic E-state index is 14.4. The molecule has 132 valence electrons. The first-order chi connectivity index (χ1) is 11.5. The summed E-state index contributed by atoms with van der Waals surface area (Å²) in [7, 11) is -4.06. The van der Waals surface area contributed by atoms with Gasteiger partial charge in [0.2, 0.25) is 11.7 Å². The number of amides is 1. The highest BCUT2D eigenvalue weighted by Crippen LogP contribution is 2.37. The number of ketones is 1. The molecule has 1 aliphatic heterocycles. The van der Waals surface area contributed by atoms with Crippen LogP contribution >= 0.6 is 11.3 Å². The Morgan fingerprint density at radius 2 is 1.92 bits per heavy atom. The molecule has 1 aromatic heterocycles. The Morgan fingerprint density at radius 3 is 2.56 bits per heavy atom. The van der Waals surface area contributed by atoms with Crippen molar-refractivity contribution in [2.45, 2.75) is 31.4 Å². The maximum Gasteiger partial charge on any atom is 0.229 e. The van der Waals surface area contributed by atoms with Crippen LogP contribution in [0.25, 0.3) is 0 Å². The van der Waals surface area contributed by atoms with Crippen LogP contribution in [0.3, 0.4) is 0 Å². The van der Waals surface area contributed by atoms with Gasteiger partial charge in [-0.05, 0) is 29.1 Å². The minimum atomic E-state index is -4.06. The molecule has 0 bridgehead atoms. The standard InChI is InChI=1S/C17H16FNO4S2/c1-17(2,3)16(21)19-11-5-4-10(18)15-12(11)13(20)14-9(6-7-24-14)8-25(15,22)23/h4-7H,8H2,1-3H3,(H,19,21). The van der Waals surface area contributed by atoms with Gasteiger partial charge < -0.3 is 5.32 Å². The zero-order chi connectivity index (χ0) is 18.6. The molecule has 8 heteroatoms. The summed E-state index contributed by atoms with van der Waals surface area (Å²) in [5, 5.41) is 4.19. The van der Waals surface area contributed by atoms with Crippen LogP contribution in [0.4, 0.5) is 10.1 Å². The third-order valence-corrected chi connectivity index (χ3v) is 6.54. The van der Waals surface area contributed by atoms with Gasteiger partial charge in [0.05, 0.1) is 21.9 Å². The molecule has 1 amide bonds. The van der Waals surface area contributed by atoms with Crippen LogP contribution < -0.4 is 5.32 Å². The van der Waals surface area contributed by atoms with E-state index in [1.165, 1.54) is 6.07 Å². The van der Waals surface area contributed by atoms with Crippen molar-refractivity contribution >= 4 is 38.6 Å². The van der Waals surface area contributed by atoms with Gasteiger partial charge in [0.1, 0.15) is 10.7 Å². The van der Waals surface area contributed by atoms with Gasteiger partial charge in [0, 0.05) is 5.41 Å². The molecule has 1 aliphatic rings. The summed E-state index contributed by atoms with van der Waals surface area (Å²) >= 11 is 1.10. The number of rotatable bonds is 1. The highest BCUT2D eigenvalue weighted by atomic mass is 32.2. The van der Waals surface area contributed by atoms with Gasteiger partial charge in [0.25, 0.3) is 0 Å². The number of hydrogen-bond donors (Lipinski definition) is 1. The van der Waals surface area contributed by atoms with E-state index in [0.29, 0.717) is 5.56 Å². The zero-order valence-corrected chi connectivity index (χ0v) is 15.5. The predicted molar refractivity (Wildman–Crippen MR) is 93.1 cm³/mol. The Balaban J connectivity index is 2.28. The smallest absolute Gasteiger partial charge is 0.229 e. The van der Waals surface area contributed by atoms with Crippen LogP contribution in [0.1, 0.15) is 41.6 Å². The van der Waals surface area contributed by atoms with Gasteiger partial charge in [-0.25, -0.2) is 12.8 Å². The van der Waals surface area contributed by atoms with Crippen molar-refractivity contribution < 1.29 is 22.4 Å². The third kappa shape index (κ3) is 3.00. The largest absolute Gasteiger partial charge is 0.325 e. The van der Waals surface area contributed by atoms with Gasteiger partial charge in [-0.3, -0.25) is 9.59 Å². The number of halogens is 1. The second kappa shape index (κ2) is 5.74. The number of thiophene rings is 1. The Morgan fingerprint density at radius 1 is 1.24 bits per heavy atom.